The van der Waals surface area contributed by atoms with Crippen molar-refractivity contribution in [1.29, 1.82) is 0 Å². The highest BCUT2D eigenvalue weighted by atomic mass is 16.5. The second kappa shape index (κ2) is 9.70. The summed E-state index contributed by atoms with van der Waals surface area (Å²) in [6, 6.07) is 14.6. The molecule has 2 rings (SSSR count). The summed E-state index contributed by atoms with van der Waals surface area (Å²) >= 11 is 0. The zero-order chi connectivity index (χ0) is 18.9. The summed E-state index contributed by atoms with van der Waals surface area (Å²) in [6.45, 7) is 5.10. The molecule has 2 aromatic rings. The fourth-order valence-corrected chi connectivity index (χ4v) is 2.32. The molecule has 0 atom stereocenters. The first-order valence-electron chi connectivity index (χ1n) is 8.59. The van der Waals surface area contributed by atoms with Crippen LogP contribution in [-0.2, 0) is 0 Å². The minimum atomic E-state index is -0.175. The summed E-state index contributed by atoms with van der Waals surface area (Å²) in [4.78, 5) is 23.9. The lowest BCUT2D eigenvalue weighted by Gasteiger charge is -2.15. The summed E-state index contributed by atoms with van der Waals surface area (Å²) in [5.74, 6) is -0.350. The van der Waals surface area contributed by atoms with Crippen molar-refractivity contribution in [2.24, 2.45) is 0 Å². The lowest BCUT2D eigenvalue weighted by Crippen LogP contribution is -2.37. The van der Waals surface area contributed by atoms with Crippen molar-refractivity contribution >= 4 is 11.8 Å². The Bertz CT molecular complexity index is 663. The molecule has 0 saturated carbocycles. The van der Waals surface area contributed by atoms with E-state index in [2.05, 4.69) is 10.6 Å². The predicted molar refractivity (Wildman–Crippen MR) is 100 cm³/mol. The van der Waals surface area contributed by atoms with Crippen molar-refractivity contribution in [2.75, 3.05) is 26.2 Å². The molecule has 0 fully saturated rings. The lowest BCUT2D eigenvalue weighted by atomic mass is 10.1. The Hall–Kier alpha value is -2.70. The van der Waals surface area contributed by atoms with Crippen molar-refractivity contribution in [3.8, 4) is 0 Å². The Morgan fingerprint density at radius 2 is 1.12 bits per heavy atom. The molecule has 0 spiro atoms. The number of hydrogen-bond donors (Lipinski definition) is 3. The van der Waals surface area contributed by atoms with E-state index in [0.29, 0.717) is 24.2 Å². The maximum absolute atomic E-state index is 12.0. The quantitative estimate of drug-likeness (QED) is 0.634. The van der Waals surface area contributed by atoms with E-state index in [1.807, 2.05) is 38.1 Å². The van der Waals surface area contributed by atoms with Gasteiger partial charge in [-0.05, 0) is 38.1 Å². The van der Waals surface area contributed by atoms with Crippen LogP contribution in [0.1, 0.15) is 31.8 Å². The number of carbonyl (C=O) groups excluding carboxylic acids is 2. The van der Waals surface area contributed by atoms with Crippen molar-refractivity contribution in [1.82, 2.24) is 15.7 Å². The van der Waals surface area contributed by atoms with Crippen LogP contribution < -0.4 is 10.6 Å². The molecule has 26 heavy (non-hydrogen) atoms. The first-order chi connectivity index (χ1) is 12.5. The average Bonchev–Trinajstić information content (AvgIpc) is 2.62. The van der Waals surface area contributed by atoms with Crippen molar-refractivity contribution < 1.29 is 14.8 Å². The van der Waals surface area contributed by atoms with Gasteiger partial charge in [0.15, 0.2) is 0 Å². The minimum absolute atomic E-state index is 0.175. The average molecular weight is 355 g/mol. The number of nitrogens with zero attached hydrogens (tertiary/aromatic N) is 1. The van der Waals surface area contributed by atoms with Crippen LogP contribution in [0, 0.1) is 13.8 Å². The van der Waals surface area contributed by atoms with Gasteiger partial charge in [-0.2, -0.15) is 5.06 Å². The van der Waals surface area contributed by atoms with Crippen molar-refractivity contribution in [3.05, 3.63) is 70.8 Å². The number of aryl methyl sites for hydroxylation is 2. The van der Waals surface area contributed by atoms with Gasteiger partial charge in [-0.3, -0.25) is 9.59 Å². The number of amides is 2. The molecule has 138 valence electrons. The molecule has 0 heterocycles. The monoisotopic (exact) mass is 355 g/mol. The maximum Gasteiger partial charge on any atom is 0.251 e. The Kier molecular flexibility index (Phi) is 7.32. The van der Waals surface area contributed by atoms with E-state index in [-0.39, 0.29) is 24.9 Å². The molecule has 0 saturated heterocycles. The smallest absolute Gasteiger partial charge is 0.251 e. The van der Waals surface area contributed by atoms with Crippen LogP contribution in [-0.4, -0.2) is 48.3 Å². The van der Waals surface area contributed by atoms with E-state index in [1.165, 1.54) is 0 Å². The third-order valence-corrected chi connectivity index (χ3v) is 3.94. The summed E-state index contributed by atoms with van der Waals surface area (Å²) in [5, 5.41) is 16.4. The molecule has 0 aliphatic carbocycles. The molecule has 0 aliphatic rings. The second-order valence-corrected chi connectivity index (χ2v) is 6.20. The Morgan fingerprint density at radius 1 is 0.769 bits per heavy atom. The van der Waals surface area contributed by atoms with E-state index in [9.17, 15) is 14.8 Å². The van der Waals surface area contributed by atoms with Gasteiger partial charge >= 0.3 is 0 Å². The molecule has 0 radical (unpaired) electrons. The number of hydroxylamine groups is 2. The maximum atomic E-state index is 12.0. The van der Waals surface area contributed by atoms with Crippen LogP contribution in [0.4, 0.5) is 0 Å². The highest BCUT2D eigenvalue weighted by Crippen LogP contribution is 2.03. The largest absolute Gasteiger partial charge is 0.351 e. The zero-order valence-electron chi connectivity index (χ0n) is 15.2. The van der Waals surface area contributed by atoms with Crippen LogP contribution in [0.5, 0.6) is 0 Å². The van der Waals surface area contributed by atoms with E-state index in [4.69, 9.17) is 0 Å². The topological polar surface area (TPSA) is 81.7 Å². The summed E-state index contributed by atoms with van der Waals surface area (Å²) in [6.07, 6.45) is 0. The van der Waals surface area contributed by atoms with Gasteiger partial charge in [0.2, 0.25) is 0 Å². The van der Waals surface area contributed by atoms with E-state index >= 15 is 0 Å². The summed E-state index contributed by atoms with van der Waals surface area (Å²) in [7, 11) is 0. The highest BCUT2D eigenvalue weighted by molar-refractivity contribution is 5.94. The Balaban J connectivity index is 1.63. The molecule has 2 aromatic carbocycles. The van der Waals surface area contributed by atoms with Gasteiger partial charge in [0, 0.05) is 37.3 Å². The van der Waals surface area contributed by atoms with Crippen LogP contribution in [0.25, 0.3) is 0 Å². The fourth-order valence-electron chi connectivity index (χ4n) is 2.32. The number of benzene rings is 2. The Labute approximate surface area is 153 Å². The summed E-state index contributed by atoms with van der Waals surface area (Å²) in [5.41, 5.74) is 3.36. The second-order valence-electron chi connectivity index (χ2n) is 6.20. The SMILES string of the molecule is Cc1ccc(C(=O)NCCN(O)CCNC(=O)c2ccc(C)cc2)cc1. The van der Waals surface area contributed by atoms with Gasteiger partial charge in [0.05, 0.1) is 0 Å². The van der Waals surface area contributed by atoms with E-state index < -0.39 is 0 Å². The predicted octanol–water partition coefficient (Wildman–Crippen LogP) is 2.15. The van der Waals surface area contributed by atoms with Crippen LogP contribution >= 0.6 is 0 Å². The van der Waals surface area contributed by atoms with Gasteiger partial charge < -0.3 is 15.8 Å². The number of hydrogen-bond acceptors (Lipinski definition) is 4. The number of rotatable bonds is 8. The normalized spacial score (nSPS) is 10.6. The third-order valence-electron chi connectivity index (χ3n) is 3.94. The molecule has 0 aliphatic heterocycles. The molecular weight excluding hydrogens is 330 g/mol. The molecule has 0 bridgehead atoms. The molecule has 0 aromatic heterocycles. The highest BCUT2D eigenvalue weighted by Gasteiger charge is 2.07. The first-order valence-corrected chi connectivity index (χ1v) is 8.59. The van der Waals surface area contributed by atoms with Crippen LogP contribution in [0.3, 0.4) is 0 Å². The third kappa shape index (κ3) is 6.31. The van der Waals surface area contributed by atoms with Crippen molar-refractivity contribution in [3.63, 3.8) is 0 Å². The van der Waals surface area contributed by atoms with Gasteiger partial charge in [-0.1, -0.05) is 35.4 Å². The van der Waals surface area contributed by atoms with Gasteiger partial charge in [-0.25, -0.2) is 0 Å². The minimum Gasteiger partial charge on any atom is -0.351 e. The molecule has 6 nitrogen and oxygen atoms in total. The summed E-state index contributed by atoms with van der Waals surface area (Å²) < 4.78 is 0. The Morgan fingerprint density at radius 3 is 1.46 bits per heavy atom. The van der Waals surface area contributed by atoms with Crippen molar-refractivity contribution in [2.45, 2.75) is 13.8 Å². The zero-order valence-corrected chi connectivity index (χ0v) is 15.2. The van der Waals surface area contributed by atoms with E-state index in [1.54, 1.807) is 24.3 Å². The van der Waals surface area contributed by atoms with Gasteiger partial charge in [-0.15, -0.1) is 0 Å². The van der Waals surface area contributed by atoms with Crippen LogP contribution in [0.2, 0.25) is 0 Å². The first kappa shape index (κ1) is 19.6. The molecule has 0 unspecified atom stereocenters. The molecule has 2 amide bonds. The number of carbonyl (C=O) groups is 2. The molecule has 3 N–H and O–H groups in total. The fraction of sp³-hybridized carbons (Fsp3) is 0.300. The molecular formula is C20H25N3O3. The van der Waals surface area contributed by atoms with Gasteiger partial charge in [0.25, 0.3) is 11.8 Å². The number of nitrogens with one attached hydrogen (secondary N) is 2. The van der Waals surface area contributed by atoms with E-state index in [0.717, 1.165) is 16.2 Å². The lowest BCUT2D eigenvalue weighted by molar-refractivity contribution is -0.0868. The molecule has 6 heteroatoms. The van der Waals surface area contributed by atoms with Crippen LogP contribution in [0.15, 0.2) is 48.5 Å². The van der Waals surface area contributed by atoms with Gasteiger partial charge in [0.1, 0.15) is 0 Å². The standard InChI is InChI=1S/C20H25N3O3/c1-15-3-7-17(8-4-15)19(24)21-11-13-23(26)14-12-22-20(25)18-9-5-16(2)6-10-18/h3-10,26H,11-14H2,1-2H3,(H,21,24)(H,22,25).